The molecule has 0 aliphatic carbocycles. The first-order valence-electron chi connectivity index (χ1n) is 10.1. The Kier molecular flexibility index (Phi) is 29.9. The van der Waals surface area contributed by atoms with Crippen LogP contribution in [0.3, 0.4) is 0 Å². The molecule has 0 unspecified atom stereocenters. The zero-order chi connectivity index (χ0) is 17.1. The fourth-order valence-corrected chi connectivity index (χ4v) is 2.30. The first-order chi connectivity index (χ1) is 10.6. The van der Waals surface area contributed by atoms with Crippen molar-refractivity contribution in [3.63, 3.8) is 0 Å². The SMILES string of the molecule is CC(C)C(C)C.CCCCCCCCCCCCCCCCl.N. The minimum Gasteiger partial charge on any atom is -0.344 e. The summed E-state index contributed by atoms with van der Waals surface area (Å²) in [5.74, 6) is 2.55. The summed E-state index contributed by atoms with van der Waals surface area (Å²) < 4.78 is 0. The third kappa shape index (κ3) is 30.7. The highest BCUT2D eigenvalue weighted by Crippen LogP contribution is 2.12. The first-order valence-corrected chi connectivity index (χ1v) is 10.7. The topological polar surface area (TPSA) is 35.0 Å². The van der Waals surface area contributed by atoms with Gasteiger partial charge in [0.25, 0.3) is 0 Å². The molecule has 0 heterocycles. The van der Waals surface area contributed by atoms with Crippen molar-refractivity contribution in [2.75, 3.05) is 5.88 Å². The summed E-state index contributed by atoms with van der Waals surface area (Å²) in [4.78, 5) is 0. The van der Waals surface area contributed by atoms with Crippen molar-refractivity contribution in [3.05, 3.63) is 0 Å². The van der Waals surface area contributed by atoms with E-state index in [0.717, 1.165) is 17.7 Å². The van der Waals surface area contributed by atoms with Gasteiger partial charge in [-0.25, -0.2) is 0 Å². The zero-order valence-electron chi connectivity index (χ0n) is 17.1. The second kappa shape index (κ2) is 24.5. The van der Waals surface area contributed by atoms with Crippen LogP contribution in [0.25, 0.3) is 0 Å². The molecule has 0 fully saturated rings. The van der Waals surface area contributed by atoms with E-state index < -0.39 is 0 Å². The predicted octanol–water partition coefficient (Wildman–Crippen LogP) is 8.78. The fraction of sp³-hybridized carbons (Fsp3) is 1.00. The number of alkyl halides is 1. The van der Waals surface area contributed by atoms with E-state index in [1.807, 2.05) is 0 Å². The van der Waals surface area contributed by atoms with Gasteiger partial charge in [0.1, 0.15) is 0 Å². The fourth-order valence-electron chi connectivity index (χ4n) is 2.11. The Balaban J connectivity index is -0.000000487. The van der Waals surface area contributed by atoms with Gasteiger partial charge in [0.05, 0.1) is 0 Å². The molecule has 3 N–H and O–H groups in total. The van der Waals surface area contributed by atoms with Crippen LogP contribution in [-0.4, -0.2) is 5.88 Å². The smallest absolute Gasteiger partial charge is 0.0223 e. The van der Waals surface area contributed by atoms with Crippen molar-refractivity contribution in [1.82, 2.24) is 6.15 Å². The lowest BCUT2D eigenvalue weighted by Gasteiger charge is -2.05. The summed E-state index contributed by atoms with van der Waals surface area (Å²) >= 11 is 5.63. The molecule has 0 saturated heterocycles. The highest BCUT2D eigenvalue weighted by Gasteiger charge is 1.95. The Labute approximate surface area is 153 Å². The maximum atomic E-state index is 5.63. The van der Waals surface area contributed by atoms with E-state index in [0.29, 0.717) is 0 Å². The molecule has 0 amide bonds. The number of halogens is 1. The molecule has 1 nitrogen and oxygen atoms in total. The molecule has 2 heteroatoms. The summed E-state index contributed by atoms with van der Waals surface area (Å²) in [7, 11) is 0. The van der Waals surface area contributed by atoms with Gasteiger partial charge in [-0.2, -0.15) is 0 Å². The Bertz CT molecular complexity index is 161. The van der Waals surface area contributed by atoms with Crippen molar-refractivity contribution in [3.8, 4) is 0 Å². The molecule has 0 saturated carbocycles. The van der Waals surface area contributed by atoms with Gasteiger partial charge in [-0.3, -0.25) is 0 Å². The molecule has 0 aliphatic rings. The average Bonchev–Trinajstić information content (AvgIpc) is 2.49. The van der Waals surface area contributed by atoms with E-state index in [1.54, 1.807) is 0 Å². The van der Waals surface area contributed by atoms with Crippen LogP contribution in [0.1, 0.15) is 118 Å². The molecule has 0 aromatic rings. The number of rotatable bonds is 14. The van der Waals surface area contributed by atoms with Crippen molar-refractivity contribution in [2.45, 2.75) is 118 Å². The van der Waals surface area contributed by atoms with Gasteiger partial charge in [0.15, 0.2) is 0 Å². The lowest BCUT2D eigenvalue weighted by molar-refractivity contribution is 0.457. The summed E-state index contributed by atoms with van der Waals surface area (Å²) in [6, 6.07) is 0. The van der Waals surface area contributed by atoms with Gasteiger partial charge < -0.3 is 6.15 Å². The lowest BCUT2D eigenvalue weighted by atomic mass is 10.0. The molecule has 0 spiro atoms. The quantitative estimate of drug-likeness (QED) is 0.247. The minimum atomic E-state index is 0. The van der Waals surface area contributed by atoms with Crippen LogP contribution < -0.4 is 6.15 Å². The van der Waals surface area contributed by atoms with Gasteiger partial charge in [-0.05, 0) is 18.3 Å². The van der Waals surface area contributed by atoms with Crippen molar-refractivity contribution >= 4 is 11.6 Å². The van der Waals surface area contributed by atoms with E-state index >= 15 is 0 Å². The molecule has 0 bridgehead atoms. The molecule has 0 aromatic heterocycles. The monoisotopic (exact) mass is 349 g/mol. The second-order valence-electron chi connectivity index (χ2n) is 7.42. The minimum absolute atomic E-state index is 0. The molecule has 0 rings (SSSR count). The normalized spacial score (nSPS) is 10.4. The predicted molar refractivity (Wildman–Crippen MR) is 111 cm³/mol. The van der Waals surface area contributed by atoms with Crippen LogP contribution in [0.5, 0.6) is 0 Å². The number of unbranched alkanes of at least 4 members (excludes halogenated alkanes) is 12. The van der Waals surface area contributed by atoms with E-state index in [1.165, 1.54) is 83.5 Å². The molecule has 144 valence electrons. The van der Waals surface area contributed by atoms with E-state index in [9.17, 15) is 0 Å². The van der Waals surface area contributed by atoms with E-state index in [2.05, 4.69) is 34.6 Å². The largest absolute Gasteiger partial charge is 0.344 e. The molecular formula is C21H48ClN. The van der Waals surface area contributed by atoms with Crippen LogP contribution in [0.15, 0.2) is 0 Å². The summed E-state index contributed by atoms with van der Waals surface area (Å²) in [6.07, 6.45) is 18.3. The summed E-state index contributed by atoms with van der Waals surface area (Å²) in [6.45, 7) is 11.2. The van der Waals surface area contributed by atoms with Gasteiger partial charge >= 0.3 is 0 Å². The van der Waals surface area contributed by atoms with Gasteiger partial charge in [0, 0.05) is 5.88 Å². The third-order valence-corrected chi connectivity index (χ3v) is 4.84. The van der Waals surface area contributed by atoms with Crippen LogP contribution in [0.4, 0.5) is 0 Å². The Morgan fingerprint density at radius 1 is 0.522 bits per heavy atom. The van der Waals surface area contributed by atoms with Crippen molar-refractivity contribution in [2.24, 2.45) is 11.8 Å². The van der Waals surface area contributed by atoms with Crippen LogP contribution in [-0.2, 0) is 0 Å². The number of hydrogen-bond acceptors (Lipinski definition) is 1. The Morgan fingerprint density at radius 3 is 1.00 bits per heavy atom. The van der Waals surface area contributed by atoms with Crippen LogP contribution in [0, 0.1) is 11.8 Å². The number of hydrogen-bond donors (Lipinski definition) is 1. The zero-order valence-corrected chi connectivity index (χ0v) is 17.9. The van der Waals surface area contributed by atoms with E-state index in [4.69, 9.17) is 11.6 Å². The van der Waals surface area contributed by atoms with Gasteiger partial charge in [0.2, 0.25) is 0 Å². The summed E-state index contributed by atoms with van der Waals surface area (Å²) in [5.41, 5.74) is 0. The van der Waals surface area contributed by atoms with Gasteiger partial charge in [-0.15, -0.1) is 11.6 Å². The molecular weight excluding hydrogens is 302 g/mol. The van der Waals surface area contributed by atoms with Crippen LogP contribution >= 0.6 is 11.6 Å². The molecule has 0 radical (unpaired) electrons. The second-order valence-corrected chi connectivity index (χ2v) is 7.80. The third-order valence-electron chi connectivity index (χ3n) is 4.57. The lowest BCUT2D eigenvalue weighted by Crippen LogP contribution is -1.95. The highest BCUT2D eigenvalue weighted by atomic mass is 35.5. The van der Waals surface area contributed by atoms with E-state index in [-0.39, 0.29) is 6.15 Å². The van der Waals surface area contributed by atoms with Crippen LogP contribution in [0.2, 0.25) is 0 Å². The van der Waals surface area contributed by atoms with Crippen molar-refractivity contribution < 1.29 is 0 Å². The summed E-state index contributed by atoms with van der Waals surface area (Å²) in [5, 5.41) is 0. The molecule has 0 aromatic carbocycles. The first kappa shape index (κ1) is 28.1. The van der Waals surface area contributed by atoms with Crippen molar-refractivity contribution in [1.29, 1.82) is 0 Å². The standard InChI is InChI=1S/C15H31Cl.C6H14.H3N/c1-2-3-4-5-6-7-8-9-10-11-12-13-14-15-16;1-5(2)6(3)4;/h2-15H2,1H3;5-6H,1-4H3;1H3. The van der Waals surface area contributed by atoms with Gasteiger partial charge in [-0.1, -0.05) is 112 Å². The average molecular weight is 350 g/mol. The Hall–Kier alpha value is 0.250. The molecule has 0 aliphatic heterocycles. The molecule has 23 heavy (non-hydrogen) atoms. The Morgan fingerprint density at radius 2 is 0.783 bits per heavy atom. The maximum Gasteiger partial charge on any atom is 0.0223 e. The highest BCUT2D eigenvalue weighted by molar-refractivity contribution is 6.17. The molecule has 0 atom stereocenters. The maximum absolute atomic E-state index is 5.63.